The van der Waals surface area contributed by atoms with E-state index < -0.39 is 0 Å². The van der Waals surface area contributed by atoms with E-state index in [0.29, 0.717) is 23.0 Å². The number of carbonyl (C=O) groups is 1. The summed E-state index contributed by atoms with van der Waals surface area (Å²) in [5, 5.41) is 12.3. The van der Waals surface area contributed by atoms with Crippen LogP contribution in [0, 0.1) is 0 Å². The third kappa shape index (κ3) is 4.20. The molecule has 0 atom stereocenters. The van der Waals surface area contributed by atoms with Crippen molar-refractivity contribution >= 4 is 46.5 Å². The summed E-state index contributed by atoms with van der Waals surface area (Å²) < 4.78 is 1.91. The number of pyridine rings is 1. The van der Waals surface area contributed by atoms with Crippen molar-refractivity contribution in [2.45, 2.75) is 11.3 Å². The van der Waals surface area contributed by atoms with E-state index in [1.54, 1.807) is 18.2 Å². The average molecular weight is 381 g/mol. The lowest BCUT2D eigenvalue weighted by Gasteiger charge is -2.06. The van der Waals surface area contributed by atoms with Crippen LogP contribution in [0.1, 0.15) is 5.82 Å². The molecule has 0 aliphatic carbocycles. The van der Waals surface area contributed by atoms with E-state index in [0.717, 1.165) is 16.4 Å². The number of hydrogen-bond donors (Lipinski definition) is 1. The van der Waals surface area contributed by atoms with Crippen molar-refractivity contribution in [2.24, 2.45) is 0 Å². The maximum Gasteiger partial charge on any atom is 0.230 e. The van der Waals surface area contributed by atoms with Crippen LogP contribution < -0.4 is 5.32 Å². The van der Waals surface area contributed by atoms with Crippen molar-refractivity contribution in [3.05, 3.63) is 58.5 Å². The van der Waals surface area contributed by atoms with Crippen molar-refractivity contribution in [1.29, 1.82) is 0 Å². The first-order valence-electron chi connectivity index (χ1n) is 7.26. The highest BCUT2D eigenvalue weighted by atomic mass is 35.5. The lowest BCUT2D eigenvalue weighted by atomic mass is 10.4. The van der Waals surface area contributed by atoms with Gasteiger partial charge in [-0.25, -0.2) is 0 Å². The number of aromatic nitrogens is 3. The third-order valence-corrected chi connectivity index (χ3v) is 5.04. The highest BCUT2D eigenvalue weighted by molar-refractivity contribution is 8.00. The summed E-state index contributed by atoms with van der Waals surface area (Å²) in [4.78, 5) is 12.7. The zero-order chi connectivity index (χ0) is 16.9. The second kappa shape index (κ2) is 7.88. The van der Waals surface area contributed by atoms with E-state index in [-0.39, 0.29) is 11.7 Å². The molecule has 3 rings (SSSR count). The first-order chi connectivity index (χ1) is 11.6. The van der Waals surface area contributed by atoms with Gasteiger partial charge in [-0.15, -0.1) is 22.0 Å². The minimum absolute atomic E-state index is 0.0649. The van der Waals surface area contributed by atoms with Crippen LogP contribution in [0.4, 0.5) is 0 Å². The smallest absolute Gasteiger partial charge is 0.230 e. The van der Waals surface area contributed by atoms with Gasteiger partial charge in [0.1, 0.15) is 5.82 Å². The lowest BCUT2D eigenvalue weighted by Crippen LogP contribution is -2.27. The zero-order valence-electron chi connectivity index (χ0n) is 12.6. The molecule has 0 aliphatic rings. The number of nitrogens with one attached hydrogen (secondary N) is 1. The number of nitrogens with zero attached hydrogens (tertiary/aromatic N) is 3. The monoisotopic (exact) mass is 380 g/mol. The predicted octanol–water partition coefficient (Wildman–Crippen LogP) is 3.49. The number of carbonyl (C=O) groups excluding carboxylic acids is 1. The van der Waals surface area contributed by atoms with Crippen LogP contribution in [0.25, 0.3) is 5.65 Å². The van der Waals surface area contributed by atoms with Crippen LogP contribution in [0.3, 0.4) is 0 Å². The fourth-order valence-corrected chi connectivity index (χ4v) is 3.48. The molecule has 0 bridgehead atoms. The molecular formula is C16H14Cl2N4OS. The van der Waals surface area contributed by atoms with Crippen molar-refractivity contribution in [3.8, 4) is 0 Å². The van der Waals surface area contributed by atoms with Crippen molar-refractivity contribution < 1.29 is 4.79 Å². The summed E-state index contributed by atoms with van der Waals surface area (Å²) in [5.74, 6) is 1.03. The number of hydrogen-bond acceptors (Lipinski definition) is 4. The maximum atomic E-state index is 12.0. The van der Waals surface area contributed by atoms with Gasteiger partial charge in [0, 0.05) is 29.1 Å². The summed E-state index contributed by atoms with van der Waals surface area (Å²) in [5.41, 5.74) is 0.796. The van der Waals surface area contributed by atoms with E-state index in [2.05, 4.69) is 15.5 Å². The molecular weight excluding hydrogens is 367 g/mol. The van der Waals surface area contributed by atoms with Gasteiger partial charge in [0.05, 0.1) is 10.8 Å². The first kappa shape index (κ1) is 17.1. The van der Waals surface area contributed by atoms with Crippen LogP contribution in [0.2, 0.25) is 10.0 Å². The van der Waals surface area contributed by atoms with E-state index in [1.165, 1.54) is 11.8 Å². The van der Waals surface area contributed by atoms with E-state index in [9.17, 15) is 4.79 Å². The Morgan fingerprint density at radius 3 is 2.96 bits per heavy atom. The topological polar surface area (TPSA) is 59.3 Å². The molecule has 0 aliphatic heterocycles. The summed E-state index contributed by atoms with van der Waals surface area (Å²) in [6, 6.07) is 10.9. The van der Waals surface area contributed by atoms with E-state index in [4.69, 9.17) is 23.2 Å². The van der Waals surface area contributed by atoms with Gasteiger partial charge >= 0.3 is 0 Å². The molecule has 0 radical (unpaired) electrons. The van der Waals surface area contributed by atoms with Gasteiger partial charge in [-0.2, -0.15) is 0 Å². The fraction of sp³-hybridized carbons (Fsp3) is 0.188. The minimum atomic E-state index is -0.0649. The average Bonchev–Trinajstić information content (AvgIpc) is 2.99. The zero-order valence-corrected chi connectivity index (χ0v) is 14.9. The Bertz CT molecular complexity index is 868. The molecule has 0 fully saturated rings. The van der Waals surface area contributed by atoms with Crippen LogP contribution in [-0.2, 0) is 11.2 Å². The highest BCUT2D eigenvalue weighted by Gasteiger charge is 2.08. The molecule has 0 saturated heterocycles. The second-order valence-electron chi connectivity index (χ2n) is 5.01. The molecule has 8 heteroatoms. The highest BCUT2D eigenvalue weighted by Crippen LogP contribution is 2.29. The van der Waals surface area contributed by atoms with Gasteiger partial charge in [0.15, 0.2) is 5.65 Å². The van der Waals surface area contributed by atoms with Crippen LogP contribution in [0.5, 0.6) is 0 Å². The molecule has 0 spiro atoms. The molecule has 1 amide bonds. The minimum Gasteiger partial charge on any atom is -0.355 e. The second-order valence-corrected chi connectivity index (χ2v) is 6.87. The number of benzene rings is 1. The van der Waals surface area contributed by atoms with Crippen LogP contribution >= 0.6 is 35.0 Å². The standard InChI is InChI=1S/C16H14Cl2N4OS/c17-11-4-5-12(18)13(9-11)24-10-16(23)19-7-6-15-21-20-14-3-1-2-8-22(14)15/h1-5,8-9H,6-7,10H2,(H,19,23). The fourth-order valence-electron chi connectivity index (χ4n) is 2.16. The molecule has 24 heavy (non-hydrogen) atoms. The Morgan fingerprint density at radius 1 is 1.21 bits per heavy atom. The lowest BCUT2D eigenvalue weighted by molar-refractivity contribution is -0.118. The van der Waals surface area contributed by atoms with Gasteiger partial charge in [-0.1, -0.05) is 29.3 Å². The summed E-state index contributed by atoms with van der Waals surface area (Å²) in [7, 11) is 0. The van der Waals surface area contributed by atoms with E-state index >= 15 is 0 Å². The summed E-state index contributed by atoms with van der Waals surface area (Å²) in [6.07, 6.45) is 2.52. The molecule has 5 nitrogen and oxygen atoms in total. The van der Waals surface area contributed by atoms with E-state index in [1.807, 2.05) is 28.8 Å². The predicted molar refractivity (Wildman–Crippen MR) is 96.9 cm³/mol. The molecule has 0 unspecified atom stereocenters. The molecule has 1 N–H and O–H groups in total. The van der Waals surface area contributed by atoms with Crippen LogP contribution in [0.15, 0.2) is 47.5 Å². The Morgan fingerprint density at radius 2 is 2.08 bits per heavy atom. The Labute approximate surface area is 153 Å². The molecule has 2 aromatic heterocycles. The maximum absolute atomic E-state index is 12.0. The van der Waals surface area contributed by atoms with Gasteiger partial charge < -0.3 is 5.32 Å². The number of thioether (sulfide) groups is 1. The Hall–Kier alpha value is -1.76. The normalized spacial score (nSPS) is 10.9. The SMILES string of the molecule is O=C(CSc1cc(Cl)ccc1Cl)NCCc1nnc2ccccn12. The number of halogens is 2. The molecule has 1 aromatic carbocycles. The van der Waals surface area contributed by atoms with Gasteiger partial charge in [-0.05, 0) is 30.3 Å². The van der Waals surface area contributed by atoms with Gasteiger partial charge in [0.2, 0.25) is 5.91 Å². The Balaban J connectivity index is 1.48. The molecule has 0 saturated carbocycles. The summed E-state index contributed by atoms with van der Waals surface area (Å²) in [6.45, 7) is 0.498. The Kier molecular flexibility index (Phi) is 5.60. The number of rotatable bonds is 6. The van der Waals surface area contributed by atoms with Gasteiger partial charge in [0.25, 0.3) is 0 Å². The summed E-state index contributed by atoms with van der Waals surface area (Å²) >= 11 is 13.4. The van der Waals surface area contributed by atoms with Crippen molar-refractivity contribution in [3.63, 3.8) is 0 Å². The molecule has 124 valence electrons. The number of fused-ring (bicyclic) bond motifs is 1. The van der Waals surface area contributed by atoms with Crippen LogP contribution in [-0.4, -0.2) is 32.8 Å². The van der Waals surface area contributed by atoms with Gasteiger partial charge in [-0.3, -0.25) is 9.20 Å². The molecule has 3 aromatic rings. The largest absolute Gasteiger partial charge is 0.355 e. The van der Waals surface area contributed by atoms with Crippen molar-refractivity contribution in [1.82, 2.24) is 19.9 Å². The quantitative estimate of drug-likeness (QED) is 0.664. The third-order valence-electron chi connectivity index (χ3n) is 3.31. The number of amides is 1. The molecule has 2 heterocycles. The van der Waals surface area contributed by atoms with Crippen molar-refractivity contribution in [2.75, 3.05) is 12.3 Å². The first-order valence-corrected chi connectivity index (χ1v) is 9.01.